The van der Waals surface area contributed by atoms with Gasteiger partial charge >= 0.3 is 0 Å². The van der Waals surface area contributed by atoms with E-state index in [-0.39, 0.29) is 16.6 Å². The monoisotopic (exact) mass is 569 g/mol. The second-order valence-electron chi connectivity index (χ2n) is 12.7. The lowest BCUT2D eigenvalue weighted by Gasteiger charge is -2.45. The van der Waals surface area contributed by atoms with Gasteiger partial charge in [0.15, 0.2) is 0 Å². The number of rotatable bonds is 3. The maximum absolute atomic E-state index is 14.8. The second kappa shape index (κ2) is 9.53. The average molecular weight is 570 g/mol. The van der Waals surface area contributed by atoms with Crippen LogP contribution in [0.4, 0.5) is 21.5 Å². The van der Waals surface area contributed by atoms with Gasteiger partial charge in [0.05, 0.1) is 0 Å². The van der Waals surface area contributed by atoms with Gasteiger partial charge in [0.25, 0.3) is 0 Å². The number of hydrogen-bond donors (Lipinski definition) is 0. The van der Waals surface area contributed by atoms with Crippen molar-refractivity contribution in [1.29, 1.82) is 0 Å². The van der Waals surface area contributed by atoms with Crippen LogP contribution >= 0.6 is 0 Å². The topological polar surface area (TPSA) is 3.24 Å². The Bertz CT molecular complexity index is 2000. The summed E-state index contributed by atoms with van der Waals surface area (Å²) in [5.74, 6) is -0.140. The number of benzene rings is 6. The van der Waals surface area contributed by atoms with Crippen LogP contribution in [0.1, 0.15) is 47.9 Å². The van der Waals surface area contributed by atoms with E-state index in [1.165, 1.54) is 50.2 Å². The smallest absolute Gasteiger partial charge is 0.123 e. The molecule has 0 unspecified atom stereocenters. The molecule has 0 amide bonds. The van der Waals surface area contributed by atoms with Crippen molar-refractivity contribution < 1.29 is 4.39 Å². The Balaban J connectivity index is 1.19. The van der Waals surface area contributed by atoms with Gasteiger partial charge in [0.2, 0.25) is 0 Å². The van der Waals surface area contributed by atoms with E-state index in [1.54, 1.807) is 6.07 Å². The summed E-state index contributed by atoms with van der Waals surface area (Å²) in [6.45, 7) is 0. The Morgan fingerprint density at radius 2 is 0.818 bits per heavy atom. The van der Waals surface area contributed by atoms with Crippen molar-refractivity contribution in [2.45, 2.75) is 36.5 Å². The van der Waals surface area contributed by atoms with Crippen molar-refractivity contribution >= 4 is 17.1 Å². The summed E-state index contributed by atoms with van der Waals surface area (Å²) < 4.78 is 14.8. The Labute approximate surface area is 258 Å². The van der Waals surface area contributed by atoms with E-state index in [0.717, 1.165) is 37.1 Å². The maximum atomic E-state index is 14.8. The van der Waals surface area contributed by atoms with Crippen LogP contribution in [0.15, 0.2) is 146 Å². The van der Waals surface area contributed by atoms with Crippen molar-refractivity contribution in [3.05, 3.63) is 174 Å². The van der Waals surface area contributed by atoms with Crippen LogP contribution < -0.4 is 4.90 Å². The minimum atomic E-state index is -0.158. The van der Waals surface area contributed by atoms with Crippen molar-refractivity contribution in [1.82, 2.24) is 0 Å². The van der Waals surface area contributed by atoms with Crippen LogP contribution in [-0.2, 0) is 10.8 Å². The summed E-state index contributed by atoms with van der Waals surface area (Å²) in [5.41, 5.74) is 13.8. The lowest BCUT2D eigenvalue weighted by atomic mass is 9.57. The standard InChI is InChI=1S/C42H32FN/c43-29-19-21-35-33-15-7-9-17-37(33)41(39(35)27-29)23-25-42(26-24-41)38-18-10-8-16-34(38)36-22-20-32(28-40(36)42)44(30-11-3-1-4-12-30)31-13-5-2-6-14-31/h1-22,27-28H,23-26H2. The zero-order valence-electron chi connectivity index (χ0n) is 24.5. The van der Waals surface area contributed by atoms with Crippen LogP contribution in [-0.4, -0.2) is 0 Å². The molecule has 212 valence electrons. The summed E-state index contributed by atoms with van der Waals surface area (Å²) in [5, 5.41) is 0. The van der Waals surface area contributed by atoms with Crippen LogP contribution in [0.3, 0.4) is 0 Å². The Morgan fingerprint density at radius 3 is 1.36 bits per heavy atom. The number of hydrogen-bond acceptors (Lipinski definition) is 1. The molecule has 9 rings (SSSR count). The molecule has 2 heteroatoms. The summed E-state index contributed by atoms with van der Waals surface area (Å²) in [4.78, 5) is 2.37. The Morgan fingerprint density at radius 1 is 0.386 bits per heavy atom. The van der Waals surface area contributed by atoms with Crippen molar-refractivity contribution in [3.63, 3.8) is 0 Å². The van der Waals surface area contributed by atoms with Gasteiger partial charge in [0.1, 0.15) is 5.82 Å². The van der Waals surface area contributed by atoms with Gasteiger partial charge in [0, 0.05) is 27.9 Å². The third-order valence-electron chi connectivity index (χ3n) is 10.7. The minimum absolute atomic E-state index is 0.0861. The first-order valence-corrected chi connectivity index (χ1v) is 15.7. The quantitative estimate of drug-likeness (QED) is 0.205. The lowest BCUT2D eigenvalue weighted by Crippen LogP contribution is -2.39. The molecule has 0 aliphatic heterocycles. The molecular formula is C42H32FN. The van der Waals surface area contributed by atoms with Crippen LogP contribution in [0.5, 0.6) is 0 Å². The highest BCUT2D eigenvalue weighted by molar-refractivity contribution is 5.87. The first-order chi connectivity index (χ1) is 21.7. The predicted molar refractivity (Wildman–Crippen MR) is 178 cm³/mol. The van der Waals surface area contributed by atoms with E-state index in [2.05, 4.69) is 132 Å². The van der Waals surface area contributed by atoms with E-state index >= 15 is 0 Å². The molecule has 2 spiro atoms. The van der Waals surface area contributed by atoms with E-state index < -0.39 is 0 Å². The van der Waals surface area contributed by atoms with Gasteiger partial charge in [-0.1, -0.05) is 97.1 Å². The van der Waals surface area contributed by atoms with Gasteiger partial charge in [-0.15, -0.1) is 0 Å². The van der Waals surface area contributed by atoms with Gasteiger partial charge in [-0.05, 0) is 119 Å². The van der Waals surface area contributed by atoms with Gasteiger partial charge in [-0.2, -0.15) is 0 Å². The highest BCUT2D eigenvalue weighted by atomic mass is 19.1. The van der Waals surface area contributed by atoms with Crippen molar-refractivity contribution in [2.75, 3.05) is 4.90 Å². The molecule has 1 saturated carbocycles. The molecular weight excluding hydrogens is 537 g/mol. The normalized spacial score (nSPS) is 20.7. The molecule has 0 aromatic heterocycles. The van der Waals surface area contributed by atoms with E-state index in [9.17, 15) is 4.39 Å². The van der Waals surface area contributed by atoms with Gasteiger partial charge in [-0.25, -0.2) is 4.39 Å². The van der Waals surface area contributed by atoms with E-state index in [0.29, 0.717) is 0 Å². The fourth-order valence-corrected chi connectivity index (χ4v) is 8.79. The molecule has 0 heterocycles. The molecule has 0 saturated heterocycles. The van der Waals surface area contributed by atoms with Crippen molar-refractivity contribution in [2.24, 2.45) is 0 Å². The third-order valence-corrected chi connectivity index (χ3v) is 10.7. The van der Waals surface area contributed by atoms with Crippen molar-refractivity contribution in [3.8, 4) is 22.3 Å². The first kappa shape index (κ1) is 25.5. The molecule has 3 aliphatic rings. The van der Waals surface area contributed by atoms with E-state index in [1.807, 2.05) is 12.1 Å². The molecule has 44 heavy (non-hydrogen) atoms. The number of anilines is 3. The minimum Gasteiger partial charge on any atom is -0.310 e. The zero-order valence-corrected chi connectivity index (χ0v) is 24.5. The van der Waals surface area contributed by atoms with Crippen LogP contribution in [0, 0.1) is 5.82 Å². The number of halogens is 1. The fraction of sp³-hybridized carbons (Fsp3) is 0.143. The first-order valence-electron chi connectivity index (χ1n) is 15.7. The highest BCUT2D eigenvalue weighted by Crippen LogP contribution is 2.64. The Kier molecular flexibility index (Phi) is 5.53. The molecule has 6 aromatic rings. The number of nitrogens with zero attached hydrogens (tertiary/aromatic N) is 1. The molecule has 6 aromatic carbocycles. The predicted octanol–water partition coefficient (Wildman–Crippen LogP) is 11.1. The summed E-state index contributed by atoms with van der Waals surface area (Å²) in [6, 6.07) is 51.7. The number of fused-ring (bicyclic) bond motifs is 10. The molecule has 0 radical (unpaired) electrons. The molecule has 0 N–H and O–H groups in total. The van der Waals surface area contributed by atoms with E-state index in [4.69, 9.17) is 0 Å². The summed E-state index contributed by atoms with van der Waals surface area (Å²) >= 11 is 0. The Hall–Kier alpha value is -4.95. The fourth-order valence-electron chi connectivity index (χ4n) is 8.79. The van der Waals surface area contributed by atoms with Crippen LogP contribution in [0.2, 0.25) is 0 Å². The SMILES string of the molecule is Fc1ccc2c(c1)C1(CCC3(CC1)c1ccccc1-c1ccc(N(c4ccccc4)c4ccccc4)cc13)c1ccccc1-2. The molecule has 1 fully saturated rings. The molecule has 0 atom stereocenters. The largest absolute Gasteiger partial charge is 0.310 e. The van der Waals surface area contributed by atoms with Crippen LogP contribution in [0.25, 0.3) is 22.3 Å². The maximum Gasteiger partial charge on any atom is 0.123 e. The van der Waals surface area contributed by atoms with Gasteiger partial charge in [-0.3, -0.25) is 0 Å². The molecule has 1 nitrogen and oxygen atoms in total. The highest BCUT2D eigenvalue weighted by Gasteiger charge is 2.53. The zero-order chi connectivity index (χ0) is 29.3. The molecule has 0 bridgehead atoms. The summed E-state index contributed by atoms with van der Waals surface area (Å²) in [6.07, 6.45) is 4.00. The number of para-hydroxylation sites is 2. The second-order valence-corrected chi connectivity index (χ2v) is 12.7. The lowest BCUT2D eigenvalue weighted by molar-refractivity contribution is 0.264. The average Bonchev–Trinajstić information content (AvgIpc) is 3.50. The summed E-state index contributed by atoms with van der Waals surface area (Å²) in [7, 11) is 0. The van der Waals surface area contributed by atoms with Gasteiger partial charge < -0.3 is 4.90 Å². The third kappa shape index (κ3) is 3.51. The molecule has 3 aliphatic carbocycles.